The average Bonchev–Trinajstić information content (AvgIpc) is 2.52. The highest BCUT2D eigenvalue weighted by atomic mass is 16.5. The Labute approximate surface area is 141 Å². The Kier molecular flexibility index (Phi) is 13.5. The molecule has 2 atom stereocenters. The van der Waals surface area contributed by atoms with Crippen LogP contribution in [0.4, 0.5) is 0 Å². The Morgan fingerprint density at radius 3 is 1.96 bits per heavy atom. The molecule has 0 heterocycles. The lowest BCUT2D eigenvalue weighted by Crippen LogP contribution is -2.19. The molecule has 4 nitrogen and oxygen atoms in total. The van der Waals surface area contributed by atoms with Gasteiger partial charge in [-0.25, -0.2) is 0 Å². The maximum Gasteiger partial charge on any atom is 0.306 e. The average molecular weight is 326 g/mol. The molecule has 0 N–H and O–H groups in total. The van der Waals surface area contributed by atoms with E-state index in [1.807, 2.05) is 6.92 Å². The number of carbonyl (C=O) groups is 2. The molecule has 0 amide bonds. The van der Waals surface area contributed by atoms with Gasteiger partial charge in [0.25, 0.3) is 0 Å². The molecular weight excluding hydrogens is 292 g/mol. The van der Waals surface area contributed by atoms with Gasteiger partial charge >= 0.3 is 11.9 Å². The summed E-state index contributed by atoms with van der Waals surface area (Å²) >= 11 is 0. The molecule has 0 saturated carbocycles. The summed E-state index contributed by atoms with van der Waals surface area (Å²) in [6.45, 7) is 9.86. The van der Waals surface area contributed by atoms with Gasteiger partial charge in [-0.05, 0) is 32.6 Å². The molecule has 0 fully saturated rings. The third-order valence-electron chi connectivity index (χ3n) is 3.72. The van der Waals surface area contributed by atoms with Crippen molar-refractivity contribution in [3.8, 4) is 0 Å². The predicted octanol–water partition coefficient (Wildman–Crippen LogP) is 4.96. The fourth-order valence-electron chi connectivity index (χ4n) is 2.28. The predicted molar refractivity (Wildman–Crippen MR) is 93.1 cm³/mol. The Bertz CT molecular complexity index is 338. The second kappa shape index (κ2) is 14.3. The highest BCUT2D eigenvalue weighted by Crippen LogP contribution is 2.11. The minimum atomic E-state index is -0.359. The van der Waals surface area contributed by atoms with Crippen molar-refractivity contribution in [3.05, 3.63) is 12.7 Å². The lowest BCUT2D eigenvalue weighted by Gasteiger charge is -2.15. The SMILES string of the molecule is C=CC(CCCCC)OC(=O)CCC(=O)OC(C)CCCCC. The zero-order valence-electron chi connectivity index (χ0n) is 15.1. The first kappa shape index (κ1) is 21.7. The normalized spacial score (nSPS) is 13.2. The van der Waals surface area contributed by atoms with Crippen molar-refractivity contribution in [2.24, 2.45) is 0 Å². The third-order valence-corrected chi connectivity index (χ3v) is 3.72. The molecule has 0 aliphatic carbocycles. The van der Waals surface area contributed by atoms with Crippen LogP contribution in [0.5, 0.6) is 0 Å². The van der Waals surface area contributed by atoms with Crippen LogP contribution in [0.3, 0.4) is 0 Å². The topological polar surface area (TPSA) is 52.6 Å². The van der Waals surface area contributed by atoms with Gasteiger partial charge in [-0.1, -0.05) is 52.2 Å². The first-order valence-corrected chi connectivity index (χ1v) is 9.04. The third kappa shape index (κ3) is 12.9. The molecule has 0 aromatic rings. The zero-order chi connectivity index (χ0) is 17.5. The highest BCUT2D eigenvalue weighted by molar-refractivity contribution is 5.77. The molecular formula is C19H34O4. The van der Waals surface area contributed by atoms with Gasteiger partial charge in [0.05, 0.1) is 18.9 Å². The van der Waals surface area contributed by atoms with Crippen molar-refractivity contribution in [3.63, 3.8) is 0 Å². The molecule has 0 spiro atoms. The molecule has 0 radical (unpaired) electrons. The number of hydrogen-bond donors (Lipinski definition) is 0. The molecule has 2 unspecified atom stereocenters. The summed E-state index contributed by atoms with van der Waals surface area (Å²) in [5, 5.41) is 0. The summed E-state index contributed by atoms with van der Waals surface area (Å²) in [6.07, 6.45) is 9.74. The lowest BCUT2D eigenvalue weighted by atomic mass is 10.1. The monoisotopic (exact) mass is 326 g/mol. The van der Waals surface area contributed by atoms with E-state index in [2.05, 4.69) is 20.4 Å². The zero-order valence-corrected chi connectivity index (χ0v) is 15.1. The van der Waals surface area contributed by atoms with Gasteiger partial charge < -0.3 is 9.47 Å². The Morgan fingerprint density at radius 1 is 0.913 bits per heavy atom. The van der Waals surface area contributed by atoms with Gasteiger partial charge in [0, 0.05) is 0 Å². The van der Waals surface area contributed by atoms with Gasteiger partial charge in [0.1, 0.15) is 6.10 Å². The van der Waals surface area contributed by atoms with Gasteiger partial charge in [0.2, 0.25) is 0 Å². The van der Waals surface area contributed by atoms with Crippen LogP contribution in [0.15, 0.2) is 12.7 Å². The Hall–Kier alpha value is -1.32. The van der Waals surface area contributed by atoms with Crippen LogP contribution in [-0.2, 0) is 19.1 Å². The van der Waals surface area contributed by atoms with E-state index < -0.39 is 0 Å². The molecule has 0 aromatic carbocycles. The molecule has 23 heavy (non-hydrogen) atoms. The summed E-state index contributed by atoms with van der Waals surface area (Å²) in [6, 6.07) is 0. The van der Waals surface area contributed by atoms with E-state index in [4.69, 9.17) is 9.47 Å². The van der Waals surface area contributed by atoms with Crippen molar-refractivity contribution in [1.29, 1.82) is 0 Å². The smallest absolute Gasteiger partial charge is 0.306 e. The van der Waals surface area contributed by atoms with Gasteiger partial charge in [0.15, 0.2) is 0 Å². The maximum absolute atomic E-state index is 11.8. The number of rotatable bonds is 14. The second-order valence-corrected chi connectivity index (χ2v) is 6.06. The van der Waals surface area contributed by atoms with Crippen LogP contribution in [0.25, 0.3) is 0 Å². The minimum absolute atomic E-state index is 0.0681. The quantitative estimate of drug-likeness (QED) is 0.257. The Morgan fingerprint density at radius 2 is 1.43 bits per heavy atom. The van der Waals surface area contributed by atoms with Crippen LogP contribution in [0.1, 0.15) is 85.0 Å². The number of carbonyl (C=O) groups excluding carboxylic acids is 2. The van der Waals surface area contributed by atoms with Gasteiger partial charge in [-0.15, -0.1) is 0 Å². The van der Waals surface area contributed by atoms with Crippen LogP contribution in [0, 0.1) is 0 Å². The van der Waals surface area contributed by atoms with Crippen molar-refractivity contribution >= 4 is 11.9 Å². The largest absolute Gasteiger partial charge is 0.463 e. The van der Waals surface area contributed by atoms with E-state index >= 15 is 0 Å². The standard InChI is InChI=1S/C19H34O4/c1-5-8-10-12-16(4)22-18(20)14-15-19(21)23-17(7-3)13-11-9-6-2/h7,16-17H,3,5-6,8-15H2,1-2,4H3. The van der Waals surface area contributed by atoms with Crippen LogP contribution in [-0.4, -0.2) is 24.1 Å². The van der Waals surface area contributed by atoms with Crippen molar-refractivity contribution in [2.75, 3.05) is 0 Å². The number of unbranched alkanes of at least 4 members (excludes halogenated alkanes) is 4. The van der Waals surface area contributed by atoms with Crippen LogP contribution in [0.2, 0.25) is 0 Å². The first-order chi connectivity index (χ1) is 11.0. The first-order valence-electron chi connectivity index (χ1n) is 9.04. The van der Waals surface area contributed by atoms with Crippen molar-refractivity contribution in [2.45, 2.75) is 97.2 Å². The lowest BCUT2D eigenvalue weighted by molar-refractivity contribution is -0.154. The number of ether oxygens (including phenoxy) is 2. The molecule has 0 aliphatic heterocycles. The van der Waals surface area contributed by atoms with E-state index in [0.29, 0.717) is 0 Å². The van der Waals surface area contributed by atoms with Crippen molar-refractivity contribution in [1.82, 2.24) is 0 Å². The van der Waals surface area contributed by atoms with E-state index in [1.54, 1.807) is 6.08 Å². The summed E-state index contributed by atoms with van der Waals surface area (Å²) in [4.78, 5) is 23.5. The van der Waals surface area contributed by atoms with Gasteiger partial charge in [-0.2, -0.15) is 0 Å². The molecule has 0 saturated heterocycles. The van der Waals surface area contributed by atoms with E-state index in [-0.39, 0.29) is 37.0 Å². The minimum Gasteiger partial charge on any atom is -0.463 e. The van der Waals surface area contributed by atoms with E-state index in [1.165, 1.54) is 0 Å². The highest BCUT2D eigenvalue weighted by Gasteiger charge is 2.15. The van der Waals surface area contributed by atoms with Gasteiger partial charge in [-0.3, -0.25) is 9.59 Å². The summed E-state index contributed by atoms with van der Waals surface area (Å²) in [5.41, 5.74) is 0. The fraction of sp³-hybridized carbons (Fsp3) is 0.789. The summed E-state index contributed by atoms with van der Waals surface area (Å²) in [5.74, 6) is -0.686. The van der Waals surface area contributed by atoms with Crippen LogP contribution >= 0.6 is 0 Å². The number of esters is 2. The number of hydrogen-bond acceptors (Lipinski definition) is 4. The molecule has 134 valence electrons. The van der Waals surface area contributed by atoms with E-state index in [9.17, 15) is 9.59 Å². The molecule has 0 aromatic heterocycles. The second-order valence-electron chi connectivity index (χ2n) is 6.06. The van der Waals surface area contributed by atoms with Crippen LogP contribution < -0.4 is 0 Å². The molecule has 0 bridgehead atoms. The fourth-order valence-corrected chi connectivity index (χ4v) is 2.28. The summed E-state index contributed by atoms with van der Waals surface area (Å²) < 4.78 is 10.6. The summed E-state index contributed by atoms with van der Waals surface area (Å²) in [7, 11) is 0. The Balaban J connectivity index is 3.89. The molecule has 0 rings (SSSR count). The maximum atomic E-state index is 11.8. The van der Waals surface area contributed by atoms with Crippen molar-refractivity contribution < 1.29 is 19.1 Å². The van der Waals surface area contributed by atoms with E-state index in [0.717, 1.165) is 51.4 Å². The molecule has 4 heteroatoms. The molecule has 0 aliphatic rings.